The van der Waals surface area contributed by atoms with Crippen LogP contribution in [-0.2, 0) is 0 Å². The first kappa shape index (κ1) is 17.1. The number of aromatic hydroxyl groups is 1. The van der Waals surface area contributed by atoms with Gasteiger partial charge in [0.1, 0.15) is 12.1 Å². The number of fused-ring (bicyclic) bond motifs is 4. The van der Waals surface area contributed by atoms with Crippen LogP contribution in [0.2, 0.25) is 0 Å². The Morgan fingerprint density at radius 1 is 0.933 bits per heavy atom. The van der Waals surface area contributed by atoms with E-state index >= 15 is 0 Å². The normalized spacial score (nSPS) is 11.8. The minimum absolute atomic E-state index is 0.151. The Labute approximate surface area is 174 Å². The number of aromatic nitrogens is 6. The predicted molar refractivity (Wildman–Crippen MR) is 117 cm³/mol. The van der Waals surface area contributed by atoms with Crippen LogP contribution in [0.3, 0.4) is 0 Å². The zero-order chi connectivity index (χ0) is 20.4. The van der Waals surface area contributed by atoms with Crippen LogP contribution in [0.25, 0.3) is 43.4 Å². The van der Waals surface area contributed by atoms with Crippen molar-refractivity contribution in [2.24, 2.45) is 0 Å². The summed E-state index contributed by atoms with van der Waals surface area (Å²) in [6, 6.07) is 15.2. The van der Waals surface area contributed by atoms with Crippen LogP contribution in [0, 0.1) is 13.8 Å². The van der Waals surface area contributed by atoms with E-state index in [1.807, 2.05) is 24.3 Å². The van der Waals surface area contributed by atoms with E-state index in [1.165, 1.54) is 0 Å². The van der Waals surface area contributed by atoms with Crippen LogP contribution in [0.5, 0.6) is 5.75 Å². The molecular formula is C22H16N6OS. The van der Waals surface area contributed by atoms with Crippen LogP contribution in [0.15, 0.2) is 54.9 Å². The first-order chi connectivity index (χ1) is 14.6. The second kappa shape index (κ2) is 6.11. The van der Waals surface area contributed by atoms with Crippen LogP contribution >= 0.6 is 11.3 Å². The lowest BCUT2D eigenvalue weighted by Crippen LogP contribution is -1.98. The van der Waals surface area contributed by atoms with Gasteiger partial charge in [0.15, 0.2) is 22.3 Å². The fourth-order valence-corrected chi connectivity index (χ4v) is 4.85. The van der Waals surface area contributed by atoms with Gasteiger partial charge in [-0.25, -0.2) is 19.5 Å². The highest BCUT2D eigenvalue weighted by Crippen LogP contribution is 2.34. The smallest absolute Gasteiger partial charge is 0.196 e. The zero-order valence-electron chi connectivity index (χ0n) is 16.2. The third-order valence-electron chi connectivity index (χ3n) is 5.45. The Bertz CT molecular complexity index is 1560. The largest absolute Gasteiger partial charge is 0.507 e. The maximum Gasteiger partial charge on any atom is 0.196 e. The number of phenolic OH excluding ortho intramolecular Hbond substituents is 1. The minimum atomic E-state index is 0.151. The minimum Gasteiger partial charge on any atom is -0.507 e. The number of hydrogen-bond donors (Lipinski definition) is 1. The average molecular weight is 412 g/mol. The highest BCUT2D eigenvalue weighted by molar-refractivity contribution is 7.20. The Morgan fingerprint density at radius 3 is 2.57 bits per heavy atom. The number of thiazole rings is 1. The quantitative estimate of drug-likeness (QED) is 0.447. The molecule has 4 aromatic heterocycles. The van der Waals surface area contributed by atoms with E-state index in [1.54, 1.807) is 40.4 Å². The molecule has 0 unspecified atom stereocenters. The summed E-state index contributed by atoms with van der Waals surface area (Å²) < 4.78 is 4.89. The number of benzene rings is 2. The van der Waals surface area contributed by atoms with Gasteiger partial charge < -0.3 is 5.11 Å². The van der Waals surface area contributed by atoms with Gasteiger partial charge in [-0.1, -0.05) is 35.6 Å². The number of para-hydroxylation sites is 2. The number of phenols is 1. The lowest BCUT2D eigenvalue weighted by molar-refractivity contribution is 0.477. The molecule has 0 radical (unpaired) electrons. The lowest BCUT2D eigenvalue weighted by atomic mass is 10.2. The van der Waals surface area contributed by atoms with Crippen LogP contribution in [0.4, 0.5) is 0 Å². The molecule has 6 rings (SSSR count). The molecule has 6 aromatic rings. The first-order valence-corrected chi connectivity index (χ1v) is 10.3. The van der Waals surface area contributed by atoms with Gasteiger partial charge in [0.2, 0.25) is 0 Å². The Hall–Kier alpha value is -3.78. The maximum absolute atomic E-state index is 10.2. The second-order valence-corrected chi connectivity index (χ2v) is 8.18. The van der Waals surface area contributed by atoms with Crippen molar-refractivity contribution in [3.63, 3.8) is 0 Å². The molecule has 0 spiro atoms. The third kappa shape index (κ3) is 2.31. The van der Waals surface area contributed by atoms with Crippen LogP contribution in [-0.4, -0.2) is 34.2 Å². The van der Waals surface area contributed by atoms with E-state index < -0.39 is 0 Å². The maximum atomic E-state index is 10.2. The van der Waals surface area contributed by atoms with E-state index in [4.69, 9.17) is 15.0 Å². The van der Waals surface area contributed by atoms with Crippen molar-refractivity contribution in [2.45, 2.75) is 13.8 Å². The predicted octanol–water partition coefficient (Wildman–Crippen LogP) is 4.67. The molecule has 1 N–H and O–H groups in total. The van der Waals surface area contributed by atoms with E-state index in [0.717, 1.165) is 37.6 Å². The fourth-order valence-electron chi connectivity index (χ4n) is 3.83. The molecule has 0 bridgehead atoms. The Morgan fingerprint density at radius 2 is 1.73 bits per heavy atom. The molecule has 0 atom stereocenters. The molecule has 0 saturated heterocycles. The molecule has 7 nitrogen and oxygen atoms in total. The van der Waals surface area contributed by atoms with E-state index in [2.05, 4.69) is 29.6 Å². The molecule has 4 heterocycles. The molecule has 0 amide bonds. The van der Waals surface area contributed by atoms with Gasteiger partial charge in [-0.15, -0.1) is 5.10 Å². The first-order valence-electron chi connectivity index (χ1n) is 9.49. The Balaban J connectivity index is 1.64. The van der Waals surface area contributed by atoms with Crippen molar-refractivity contribution >= 4 is 38.2 Å². The summed E-state index contributed by atoms with van der Waals surface area (Å²) >= 11 is 1.64. The topological polar surface area (TPSA) is 81.1 Å². The standard InChI is InChI=1S/C22H16N6OS/c1-12-13(2)28(22-24-15-8-4-6-10-17(15)30-22)20-18(12)21-25-19(26-27(21)11-23-20)14-7-3-5-9-16(14)29/h3-11,29H,1-2H3. The van der Waals surface area contributed by atoms with E-state index in [0.29, 0.717) is 17.0 Å². The third-order valence-corrected chi connectivity index (χ3v) is 6.47. The van der Waals surface area contributed by atoms with Crippen molar-refractivity contribution < 1.29 is 5.11 Å². The van der Waals surface area contributed by atoms with Crippen molar-refractivity contribution in [1.82, 2.24) is 29.1 Å². The molecule has 30 heavy (non-hydrogen) atoms. The summed E-state index contributed by atoms with van der Waals surface area (Å²) in [6.07, 6.45) is 1.66. The second-order valence-electron chi connectivity index (χ2n) is 7.17. The molecule has 0 fully saturated rings. The van der Waals surface area contributed by atoms with E-state index in [-0.39, 0.29) is 5.75 Å². The van der Waals surface area contributed by atoms with Gasteiger partial charge in [-0.2, -0.15) is 0 Å². The van der Waals surface area contributed by atoms with Crippen molar-refractivity contribution in [3.8, 4) is 22.3 Å². The van der Waals surface area contributed by atoms with E-state index in [9.17, 15) is 5.11 Å². The monoisotopic (exact) mass is 412 g/mol. The lowest BCUT2D eigenvalue weighted by Gasteiger charge is -2.02. The van der Waals surface area contributed by atoms with Crippen LogP contribution < -0.4 is 0 Å². The number of nitrogens with zero attached hydrogens (tertiary/aromatic N) is 6. The summed E-state index contributed by atoms with van der Waals surface area (Å²) in [7, 11) is 0. The molecular weight excluding hydrogens is 396 g/mol. The fraction of sp³-hybridized carbons (Fsp3) is 0.0909. The Kier molecular flexibility index (Phi) is 3.48. The summed E-state index contributed by atoms with van der Waals surface area (Å²) in [5, 5.41) is 16.6. The molecule has 0 aliphatic rings. The average Bonchev–Trinajstić information content (AvgIpc) is 3.42. The molecule has 2 aromatic carbocycles. The van der Waals surface area contributed by atoms with Gasteiger partial charge in [0, 0.05) is 5.69 Å². The molecule has 0 aliphatic carbocycles. The van der Waals surface area contributed by atoms with Crippen molar-refractivity contribution in [1.29, 1.82) is 0 Å². The van der Waals surface area contributed by atoms with Gasteiger partial charge in [-0.3, -0.25) is 4.57 Å². The summed E-state index contributed by atoms with van der Waals surface area (Å²) in [5.74, 6) is 0.616. The van der Waals surface area contributed by atoms with Gasteiger partial charge in [0.05, 0.1) is 21.2 Å². The number of rotatable bonds is 2. The van der Waals surface area contributed by atoms with Gasteiger partial charge >= 0.3 is 0 Å². The highest BCUT2D eigenvalue weighted by Gasteiger charge is 2.21. The molecule has 146 valence electrons. The van der Waals surface area contributed by atoms with Gasteiger partial charge in [0.25, 0.3) is 0 Å². The van der Waals surface area contributed by atoms with Gasteiger partial charge in [-0.05, 0) is 43.7 Å². The number of hydrogen-bond acceptors (Lipinski definition) is 6. The zero-order valence-corrected chi connectivity index (χ0v) is 17.1. The summed E-state index contributed by atoms with van der Waals surface area (Å²) in [6.45, 7) is 4.14. The molecule has 0 saturated carbocycles. The highest BCUT2D eigenvalue weighted by atomic mass is 32.1. The SMILES string of the molecule is Cc1c(C)n(-c2nc3ccccc3s2)c2ncn3nc(-c4ccccc4O)nc3c12. The summed E-state index contributed by atoms with van der Waals surface area (Å²) in [4.78, 5) is 14.3. The molecule has 0 aliphatic heterocycles. The number of aryl methyl sites for hydroxylation is 1. The van der Waals surface area contributed by atoms with Crippen LogP contribution in [0.1, 0.15) is 11.3 Å². The molecule has 8 heteroatoms. The van der Waals surface area contributed by atoms with Crippen molar-refractivity contribution in [3.05, 3.63) is 66.1 Å². The van der Waals surface area contributed by atoms with Crippen molar-refractivity contribution in [2.75, 3.05) is 0 Å². The summed E-state index contributed by atoms with van der Waals surface area (Å²) in [5.41, 5.74) is 5.22.